The average Bonchev–Trinajstić information content (AvgIpc) is 2.72. The van der Waals surface area contributed by atoms with Crippen LogP contribution in [0.1, 0.15) is 32.3 Å². The van der Waals surface area contributed by atoms with Crippen LogP contribution in [-0.4, -0.2) is 60.2 Å². The van der Waals surface area contributed by atoms with Crippen LogP contribution in [-0.2, 0) is 25.5 Å². The molecule has 0 radical (unpaired) electrons. The van der Waals surface area contributed by atoms with Crippen LogP contribution in [0, 0.1) is 0 Å². The predicted molar refractivity (Wildman–Crippen MR) is 132 cm³/mol. The molecule has 0 saturated carbocycles. The van der Waals surface area contributed by atoms with E-state index in [0.717, 1.165) is 5.56 Å². The Morgan fingerprint density at radius 1 is 1.09 bits per heavy atom. The summed E-state index contributed by atoms with van der Waals surface area (Å²) in [5, 5.41) is 10.9. The summed E-state index contributed by atoms with van der Waals surface area (Å²) >= 11 is 0. The van der Waals surface area contributed by atoms with Gasteiger partial charge in [0.15, 0.2) is 5.96 Å². The zero-order chi connectivity index (χ0) is 23.8. The maximum atomic E-state index is 11.4. The minimum atomic E-state index is -1.11. The number of ether oxygens (including phenoxy) is 1. The SMILES string of the molecule is CCOC(=O)[C@@H](N)Cc1ccccc1.C[C@H](NC(=O)[C@@H](N)CCCN=C(N)N)C(=O)O.Cl.Cl. The monoisotopic (exact) mass is 510 g/mol. The Balaban J connectivity index is -0.000000521. The van der Waals surface area contributed by atoms with E-state index in [0.29, 0.717) is 32.4 Å². The fourth-order valence-electron chi connectivity index (χ4n) is 2.23. The Morgan fingerprint density at radius 3 is 2.15 bits per heavy atom. The van der Waals surface area contributed by atoms with E-state index in [9.17, 15) is 14.4 Å². The third-order valence-electron chi connectivity index (χ3n) is 3.92. The topological polar surface area (TPSA) is 209 Å². The lowest BCUT2D eigenvalue weighted by molar-refractivity contribution is -0.144. The molecule has 33 heavy (non-hydrogen) atoms. The number of carbonyl (C=O) groups is 3. The van der Waals surface area contributed by atoms with Crippen LogP contribution in [0.5, 0.6) is 0 Å². The van der Waals surface area contributed by atoms with Crippen LogP contribution in [0.25, 0.3) is 0 Å². The summed E-state index contributed by atoms with van der Waals surface area (Å²) < 4.78 is 4.81. The standard InChI is InChI=1S/C11H15NO2.C9H19N5O3.2ClH/c1-2-14-11(13)10(12)8-9-6-4-3-5-7-9;1-5(8(16)17)14-7(15)6(10)3-2-4-13-9(11)12;;/h3-7,10H,2,8,12H2,1H3;5-6H,2-4,10H2,1H3,(H,14,15)(H,16,17)(H4,11,12,13);2*1H/t10-;5-,6-;;/m00../s1. The Hall–Kier alpha value is -2.60. The first kappa shape index (κ1) is 35.0. The smallest absolute Gasteiger partial charge is 0.325 e. The van der Waals surface area contributed by atoms with Crippen LogP contribution < -0.4 is 28.3 Å². The van der Waals surface area contributed by atoms with Gasteiger partial charge in [-0.3, -0.25) is 19.4 Å². The number of halogens is 2. The third-order valence-corrected chi connectivity index (χ3v) is 3.92. The molecule has 10 N–H and O–H groups in total. The van der Waals surface area contributed by atoms with Gasteiger partial charge in [0, 0.05) is 6.54 Å². The molecular formula is C20H36Cl2N6O5. The molecule has 0 aliphatic heterocycles. The highest BCUT2D eigenvalue weighted by Gasteiger charge is 2.18. The van der Waals surface area contributed by atoms with Crippen LogP contribution in [0.4, 0.5) is 0 Å². The number of hydrogen-bond donors (Lipinski definition) is 6. The molecule has 0 fully saturated rings. The second-order valence-corrected chi connectivity index (χ2v) is 6.67. The number of aliphatic imine (C=N–C) groups is 1. The highest BCUT2D eigenvalue weighted by atomic mass is 35.5. The predicted octanol–water partition coefficient (Wildman–Crippen LogP) is -0.0803. The van der Waals surface area contributed by atoms with Crippen molar-refractivity contribution in [3.05, 3.63) is 35.9 Å². The van der Waals surface area contributed by atoms with E-state index in [1.54, 1.807) is 6.92 Å². The van der Waals surface area contributed by atoms with Gasteiger partial charge in [0.25, 0.3) is 0 Å². The fraction of sp³-hybridized carbons (Fsp3) is 0.500. The van der Waals surface area contributed by atoms with E-state index in [-0.39, 0.29) is 36.7 Å². The van der Waals surface area contributed by atoms with E-state index < -0.39 is 30.0 Å². The summed E-state index contributed by atoms with van der Waals surface area (Å²) in [4.78, 5) is 36.8. The van der Waals surface area contributed by atoms with Crippen LogP contribution >= 0.6 is 24.8 Å². The fourth-order valence-corrected chi connectivity index (χ4v) is 2.23. The quantitative estimate of drug-likeness (QED) is 0.101. The largest absolute Gasteiger partial charge is 0.480 e. The van der Waals surface area contributed by atoms with Crippen LogP contribution in [0.3, 0.4) is 0 Å². The second-order valence-electron chi connectivity index (χ2n) is 6.67. The van der Waals surface area contributed by atoms with Gasteiger partial charge in [0.1, 0.15) is 12.1 Å². The summed E-state index contributed by atoms with van der Waals surface area (Å²) in [5.41, 5.74) is 22.5. The van der Waals surface area contributed by atoms with E-state index in [1.807, 2.05) is 30.3 Å². The van der Waals surface area contributed by atoms with Crippen molar-refractivity contribution in [2.75, 3.05) is 13.2 Å². The molecule has 0 aliphatic carbocycles. The molecule has 0 bridgehead atoms. The number of rotatable bonds is 11. The lowest BCUT2D eigenvalue weighted by Gasteiger charge is -2.14. The molecule has 0 spiro atoms. The van der Waals surface area contributed by atoms with Crippen molar-refractivity contribution in [1.29, 1.82) is 0 Å². The van der Waals surface area contributed by atoms with Crippen molar-refractivity contribution in [2.45, 2.75) is 51.2 Å². The zero-order valence-corrected chi connectivity index (χ0v) is 20.4. The van der Waals surface area contributed by atoms with Gasteiger partial charge in [0.2, 0.25) is 5.91 Å². The minimum absolute atomic E-state index is 0. The van der Waals surface area contributed by atoms with Crippen molar-refractivity contribution in [2.24, 2.45) is 27.9 Å². The van der Waals surface area contributed by atoms with Gasteiger partial charge in [-0.2, -0.15) is 0 Å². The Bertz CT molecular complexity index is 720. The van der Waals surface area contributed by atoms with Crippen molar-refractivity contribution < 1.29 is 24.2 Å². The van der Waals surface area contributed by atoms with E-state index in [2.05, 4.69) is 10.3 Å². The number of nitrogens with zero attached hydrogens (tertiary/aromatic N) is 1. The first-order valence-corrected chi connectivity index (χ1v) is 9.88. The van der Waals surface area contributed by atoms with Crippen molar-refractivity contribution in [1.82, 2.24) is 5.32 Å². The number of amides is 1. The number of nitrogens with one attached hydrogen (secondary N) is 1. The Morgan fingerprint density at radius 2 is 1.67 bits per heavy atom. The summed E-state index contributed by atoms with van der Waals surface area (Å²) in [7, 11) is 0. The highest BCUT2D eigenvalue weighted by Crippen LogP contribution is 2.02. The molecule has 11 nitrogen and oxygen atoms in total. The normalized spacial score (nSPS) is 12.1. The number of nitrogens with two attached hydrogens (primary N) is 4. The summed E-state index contributed by atoms with van der Waals surface area (Å²) in [6, 6.07) is 7.40. The van der Waals surface area contributed by atoms with Crippen LogP contribution in [0.15, 0.2) is 35.3 Å². The first-order valence-electron chi connectivity index (χ1n) is 9.88. The van der Waals surface area contributed by atoms with Gasteiger partial charge in [0.05, 0.1) is 12.6 Å². The molecule has 190 valence electrons. The number of carbonyl (C=O) groups excluding carboxylic acids is 2. The molecule has 0 aromatic heterocycles. The number of carboxylic acid groups (broad SMARTS) is 1. The number of aliphatic carboxylic acids is 1. The number of esters is 1. The van der Waals surface area contributed by atoms with Crippen LogP contribution in [0.2, 0.25) is 0 Å². The molecule has 1 rings (SSSR count). The van der Waals surface area contributed by atoms with Gasteiger partial charge < -0.3 is 38.1 Å². The third kappa shape index (κ3) is 17.6. The molecule has 1 amide bonds. The minimum Gasteiger partial charge on any atom is -0.480 e. The number of carboxylic acids is 1. The van der Waals surface area contributed by atoms with E-state index in [1.165, 1.54) is 6.92 Å². The molecule has 0 heterocycles. The lowest BCUT2D eigenvalue weighted by atomic mass is 10.1. The summed E-state index contributed by atoms with van der Waals surface area (Å²) in [5.74, 6) is -1.95. The second kappa shape index (κ2) is 20.0. The summed E-state index contributed by atoms with van der Waals surface area (Å²) in [6.07, 6.45) is 1.46. The Kier molecular flexibility index (Phi) is 21.3. The van der Waals surface area contributed by atoms with E-state index in [4.69, 9.17) is 32.8 Å². The molecule has 1 aromatic rings. The Labute approximate surface area is 206 Å². The number of guanidine groups is 1. The van der Waals surface area contributed by atoms with Gasteiger partial charge in [-0.15, -0.1) is 24.8 Å². The van der Waals surface area contributed by atoms with Gasteiger partial charge in [-0.1, -0.05) is 30.3 Å². The maximum Gasteiger partial charge on any atom is 0.325 e. The molecule has 0 unspecified atom stereocenters. The molecule has 3 atom stereocenters. The lowest BCUT2D eigenvalue weighted by Crippen LogP contribution is -2.47. The van der Waals surface area contributed by atoms with Gasteiger partial charge in [-0.05, 0) is 38.7 Å². The molecular weight excluding hydrogens is 475 g/mol. The number of hydrogen-bond acceptors (Lipinski definition) is 7. The maximum absolute atomic E-state index is 11.4. The van der Waals surface area contributed by atoms with Crippen molar-refractivity contribution in [3.8, 4) is 0 Å². The summed E-state index contributed by atoms with van der Waals surface area (Å²) in [6.45, 7) is 3.90. The van der Waals surface area contributed by atoms with Crippen molar-refractivity contribution >= 4 is 48.6 Å². The first-order chi connectivity index (χ1) is 14.6. The molecule has 0 saturated heterocycles. The molecule has 1 aromatic carbocycles. The van der Waals surface area contributed by atoms with Gasteiger partial charge >= 0.3 is 11.9 Å². The van der Waals surface area contributed by atoms with Crippen molar-refractivity contribution in [3.63, 3.8) is 0 Å². The highest BCUT2D eigenvalue weighted by molar-refractivity contribution is 5.86. The molecule has 13 heteroatoms. The number of benzene rings is 1. The van der Waals surface area contributed by atoms with Gasteiger partial charge in [-0.25, -0.2) is 0 Å². The average molecular weight is 511 g/mol. The van der Waals surface area contributed by atoms with E-state index >= 15 is 0 Å². The zero-order valence-electron chi connectivity index (χ0n) is 18.8. The molecule has 0 aliphatic rings.